The highest BCUT2D eigenvalue weighted by Crippen LogP contribution is 2.33. The third kappa shape index (κ3) is 5.13. The van der Waals surface area contributed by atoms with Crippen LogP contribution >= 0.6 is 15.9 Å². The molecule has 0 heterocycles. The van der Waals surface area contributed by atoms with Gasteiger partial charge in [0.1, 0.15) is 11.4 Å². The molecule has 0 unspecified atom stereocenters. The number of hydrogen-bond acceptors (Lipinski definition) is 3. The van der Waals surface area contributed by atoms with Crippen LogP contribution in [0.4, 0.5) is 4.79 Å². The Morgan fingerprint density at radius 2 is 2.00 bits per heavy atom. The Labute approximate surface area is 153 Å². The molecule has 0 aromatic heterocycles. The summed E-state index contributed by atoms with van der Waals surface area (Å²) in [5.41, 5.74) is 0.494. The largest absolute Gasteiger partial charge is 0.491 e. The van der Waals surface area contributed by atoms with Gasteiger partial charge in [0.05, 0.1) is 12.6 Å². The molecule has 1 aliphatic rings. The third-order valence-electron chi connectivity index (χ3n) is 3.91. The Kier molecular flexibility index (Phi) is 6.18. The number of carbonyl (C=O) groups excluding carboxylic acids is 1. The highest BCUT2D eigenvalue weighted by atomic mass is 79.9. The van der Waals surface area contributed by atoms with E-state index in [-0.39, 0.29) is 18.2 Å². The van der Waals surface area contributed by atoms with E-state index in [9.17, 15) is 4.79 Å². The fourth-order valence-electron chi connectivity index (χ4n) is 2.59. The minimum absolute atomic E-state index is 0.0803. The summed E-state index contributed by atoms with van der Waals surface area (Å²) < 4.78 is 12.5. The fourth-order valence-corrected chi connectivity index (χ4v) is 3.06. The van der Waals surface area contributed by atoms with Gasteiger partial charge in [-0.05, 0) is 66.0 Å². The number of rotatable bonds is 5. The van der Waals surface area contributed by atoms with Crippen LogP contribution in [-0.2, 0) is 11.3 Å². The van der Waals surface area contributed by atoms with Gasteiger partial charge in [-0.2, -0.15) is 0 Å². The zero-order chi connectivity index (χ0) is 17.9. The number of hydrogen-bond donors (Lipinski definition) is 0. The average molecular weight is 398 g/mol. The Morgan fingerprint density at radius 3 is 2.50 bits per heavy atom. The molecule has 4 nitrogen and oxygen atoms in total. The van der Waals surface area contributed by atoms with Crippen LogP contribution in [0.5, 0.6) is 5.75 Å². The van der Waals surface area contributed by atoms with Gasteiger partial charge in [0, 0.05) is 16.1 Å². The van der Waals surface area contributed by atoms with E-state index < -0.39 is 5.60 Å². The summed E-state index contributed by atoms with van der Waals surface area (Å²) in [5.74, 6) is 0.812. The molecule has 1 fully saturated rings. The number of nitrogens with zero attached hydrogens (tertiary/aromatic N) is 1. The Morgan fingerprint density at radius 1 is 1.33 bits per heavy atom. The molecule has 0 bridgehead atoms. The van der Waals surface area contributed by atoms with Crippen molar-refractivity contribution >= 4 is 22.0 Å². The molecule has 1 saturated carbocycles. The Hall–Kier alpha value is -1.23. The first-order chi connectivity index (χ1) is 11.2. The lowest BCUT2D eigenvalue weighted by Crippen LogP contribution is -2.46. The number of amides is 1. The molecule has 1 amide bonds. The second kappa shape index (κ2) is 7.77. The lowest BCUT2D eigenvalue weighted by atomic mass is 9.91. The monoisotopic (exact) mass is 397 g/mol. The molecular weight excluding hydrogens is 370 g/mol. The minimum Gasteiger partial charge on any atom is -0.491 e. The van der Waals surface area contributed by atoms with Crippen LogP contribution in [0.15, 0.2) is 22.7 Å². The maximum absolute atomic E-state index is 12.7. The van der Waals surface area contributed by atoms with E-state index in [0.717, 1.165) is 35.0 Å². The summed E-state index contributed by atoms with van der Waals surface area (Å²) in [5, 5.41) is 0. The predicted octanol–water partition coefficient (Wildman–Crippen LogP) is 5.53. The van der Waals surface area contributed by atoms with E-state index in [2.05, 4.69) is 15.9 Å². The molecular formula is C19H28BrNO3. The third-order valence-corrected chi connectivity index (χ3v) is 4.65. The smallest absolute Gasteiger partial charge is 0.410 e. The normalized spacial score (nSPS) is 15.1. The van der Waals surface area contributed by atoms with Crippen molar-refractivity contribution in [1.29, 1.82) is 0 Å². The molecule has 5 heteroatoms. The number of halogens is 1. The quantitative estimate of drug-likeness (QED) is 0.655. The zero-order valence-corrected chi connectivity index (χ0v) is 16.9. The van der Waals surface area contributed by atoms with Crippen molar-refractivity contribution in [2.45, 2.75) is 78.2 Å². The van der Waals surface area contributed by atoms with E-state index in [1.54, 1.807) is 0 Å². The van der Waals surface area contributed by atoms with Crippen LogP contribution in [0.3, 0.4) is 0 Å². The molecule has 1 aromatic rings. The summed E-state index contributed by atoms with van der Waals surface area (Å²) in [7, 11) is 0. The molecule has 0 saturated heterocycles. The lowest BCUT2D eigenvalue weighted by molar-refractivity contribution is 0.00434. The summed E-state index contributed by atoms with van der Waals surface area (Å²) in [6.45, 7) is 10.2. The highest BCUT2D eigenvalue weighted by Gasteiger charge is 2.33. The van der Waals surface area contributed by atoms with Crippen LogP contribution in [0, 0.1) is 0 Å². The summed E-state index contributed by atoms with van der Waals surface area (Å²) >= 11 is 3.61. The van der Waals surface area contributed by atoms with Crippen LogP contribution in [-0.4, -0.2) is 28.7 Å². The number of ether oxygens (including phenoxy) is 2. The molecule has 24 heavy (non-hydrogen) atoms. The predicted molar refractivity (Wildman–Crippen MR) is 99.3 cm³/mol. The maximum atomic E-state index is 12.7. The van der Waals surface area contributed by atoms with Gasteiger partial charge in [0.2, 0.25) is 0 Å². The van der Waals surface area contributed by atoms with Crippen molar-refractivity contribution in [1.82, 2.24) is 4.90 Å². The van der Waals surface area contributed by atoms with Crippen molar-refractivity contribution < 1.29 is 14.3 Å². The average Bonchev–Trinajstić information content (AvgIpc) is 2.36. The van der Waals surface area contributed by atoms with Gasteiger partial charge < -0.3 is 14.4 Å². The second-order valence-electron chi connectivity index (χ2n) is 7.58. The van der Waals surface area contributed by atoms with E-state index in [0.29, 0.717) is 6.54 Å². The van der Waals surface area contributed by atoms with Crippen molar-refractivity contribution in [2.75, 3.05) is 0 Å². The summed E-state index contributed by atoms with van der Waals surface area (Å²) in [6, 6.07) is 6.14. The van der Waals surface area contributed by atoms with Gasteiger partial charge >= 0.3 is 6.09 Å². The first-order valence-corrected chi connectivity index (χ1v) is 9.40. The van der Waals surface area contributed by atoms with E-state index in [1.807, 2.05) is 57.7 Å². The van der Waals surface area contributed by atoms with Gasteiger partial charge in [-0.25, -0.2) is 4.79 Å². The van der Waals surface area contributed by atoms with Crippen LogP contribution in [0.1, 0.15) is 59.4 Å². The Balaban J connectivity index is 2.25. The van der Waals surface area contributed by atoms with E-state index in [1.165, 1.54) is 0 Å². The standard InChI is InChI=1S/C19H28BrNO3/c1-13(2)23-17-11-7-10-16(20)15(17)12-21(14-8-6-9-14)18(22)24-19(3,4)5/h7,10-11,13-14H,6,8-9,12H2,1-5H3. The van der Waals surface area contributed by atoms with E-state index >= 15 is 0 Å². The molecule has 1 aliphatic carbocycles. The number of benzene rings is 1. The fraction of sp³-hybridized carbons (Fsp3) is 0.632. The first kappa shape index (κ1) is 19.1. The molecule has 0 atom stereocenters. The lowest BCUT2D eigenvalue weighted by Gasteiger charge is -2.38. The molecule has 134 valence electrons. The van der Waals surface area contributed by atoms with E-state index in [4.69, 9.17) is 9.47 Å². The molecule has 0 N–H and O–H groups in total. The van der Waals surface area contributed by atoms with Gasteiger partial charge in [-0.15, -0.1) is 0 Å². The van der Waals surface area contributed by atoms with Crippen molar-refractivity contribution in [3.05, 3.63) is 28.2 Å². The van der Waals surface area contributed by atoms with Crippen LogP contribution in [0.25, 0.3) is 0 Å². The molecule has 2 rings (SSSR count). The summed E-state index contributed by atoms with van der Waals surface area (Å²) in [4.78, 5) is 14.5. The molecule has 1 aromatic carbocycles. The van der Waals surface area contributed by atoms with Crippen LogP contribution in [0.2, 0.25) is 0 Å². The second-order valence-corrected chi connectivity index (χ2v) is 8.43. The minimum atomic E-state index is -0.496. The van der Waals surface area contributed by atoms with Crippen molar-refractivity contribution in [3.8, 4) is 5.75 Å². The van der Waals surface area contributed by atoms with Crippen molar-refractivity contribution in [2.24, 2.45) is 0 Å². The topological polar surface area (TPSA) is 38.8 Å². The number of carbonyl (C=O) groups is 1. The maximum Gasteiger partial charge on any atom is 0.410 e. The van der Waals surface area contributed by atoms with Gasteiger partial charge in [-0.1, -0.05) is 22.0 Å². The molecule has 0 aliphatic heterocycles. The molecule has 0 spiro atoms. The molecule has 0 radical (unpaired) electrons. The SMILES string of the molecule is CC(C)Oc1cccc(Br)c1CN(C(=O)OC(C)(C)C)C1CCC1. The van der Waals surface area contributed by atoms with Gasteiger partial charge in [0.15, 0.2) is 0 Å². The van der Waals surface area contributed by atoms with Crippen LogP contribution < -0.4 is 4.74 Å². The highest BCUT2D eigenvalue weighted by molar-refractivity contribution is 9.10. The summed E-state index contributed by atoms with van der Waals surface area (Å²) in [6.07, 6.45) is 3.05. The first-order valence-electron chi connectivity index (χ1n) is 8.61. The van der Waals surface area contributed by atoms with Gasteiger partial charge in [0.25, 0.3) is 0 Å². The van der Waals surface area contributed by atoms with Crippen molar-refractivity contribution in [3.63, 3.8) is 0 Å². The zero-order valence-electron chi connectivity index (χ0n) is 15.3. The Bertz CT molecular complexity index is 576. The van der Waals surface area contributed by atoms with Gasteiger partial charge in [-0.3, -0.25) is 0 Å².